The predicted octanol–water partition coefficient (Wildman–Crippen LogP) is 9.05. The summed E-state index contributed by atoms with van der Waals surface area (Å²) in [7, 11) is 0. The average molecular weight is 840 g/mol. The van der Waals surface area contributed by atoms with Gasteiger partial charge in [-0.1, -0.05) is 160 Å². The summed E-state index contributed by atoms with van der Waals surface area (Å²) in [6.45, 7) is 4.18. The summed E-state index contributed by atoms with van der Waals surface area (Å²) < 4.78 is 16.6. The molecular weight excluding hydrogens is 751 g/mol. The van der Waals surface area contributed by atoms with E-state index in [9.17, 15) is 35.1 Å². The Morgan fingerprint density at radius 1 is 0.610 bits per heavy atom. The van der Waals surface area contributed by atoms with Crippen LogP contribution in [0.1, 0.15) is 206 Å². The molecule has 0 aromatic carbocycles. The van der Waals surface area contributed by atoms with Gasteiger partial charge in [0.25, 0.3) is 0 Å². The SMILES string of the molecule is CCCCCCCCC/C=C/C(O)C(COC1OC(CO)C(O)C(O)C1O)NC(=O)CCCCCCC/C=C\CCCCOC(=O)CCCCCCCCCCCCC. The molecule has 59 heavy (non-hydrogen) atoms. The largest absolute Gasteiger partial charge is 0.466 e. The van der Waals surface area contributed by atoms with Gasteiger partial charge in [-0.2, -0.15) is 0 Å². The predicted molar refractivity (Wildman–Crippen MR) is 237 cm³/mol. The quantitative estimate of drug-likeness (QED) is 0.0198. The van der Waals surface area contributed by atoms with E-state index < -0.39 is 49.5 Å². The summed E-state index contributed by atoms with van der Waals surface area (Å²) >= 11 is 0. The van der Waals surface area contributed by atoms with E-state index in [0.717, 1.165) is 89.9 Å². The molecule has 6 N–H and O–H groups in total. The first-order chi connectivity index (χ1) is 28.7. The molecule has 1 amide bonds. The molecule has 0 spiro atoms. The standard InChI is InChI=1S/C48H89NO10/c1-3-5-7-9-11-13-15-20-24-28-32-36-44(53)57-37-33-29-25-21-17-14-16-19-23-27-31-35-43(52)49-40(41(51)34-30-26-22-18-12-10-8-6-4-2)39-58-48-47(56)46(55)45(54)42(38-50)59-48/h17,21,30,34,40-42,45-48,50-51,54-56H,3-16,18-20,22-29,31-33,35-39H2,1-2H3,(H,49,52)/b21-17-,34-30+. The number of aliphatic hydroxyl groups excluding tert-OH is 5. The number of unbranched alkanes of at least 4 members (excludes halogenated alkanes) is 24. The van der Waals surface area contributed by atoms with Crippen LogP contribution in [0.5, 0.6) is 0 Å². The zero-order valence-corrected chi connectivity index (χ0v) is 37.5. The molecule has 1 aliphatic rings. The lowest BCUT2D eigenvalue weighted by molar-refractivity contribution is -0.302. The highest BCUT2D eigenvalue weighted by molar-refractivity contribution is 5.76. The summed E-state index contributed by atoms with van der Waals surface area (Å²) in [4.78, 5) is 24.9. The summed E-state index contributed by atoms with van der Waals surface area (Å²) in [6, 6.07) is -0.828. The van der Waals surface area contributed by atoms with Crippen LogP contribution in [-0.2, 0) is 23.8 Å². The van der Waals surface area contributed by atoms with Crippen molar-refractivity contribution in [2.45, 2.75) is 249 Å². The van der Waals surface area contributed by atoms with Crippen LogP contribution >= 0.6 is 0 Å². The highest BCUT2D eigenvalue weighted by atomic mass is 16.7. The fourth-order valence-electron chi connectivity index (χ4n) is 7.37. The molecule has 1 fully saturated rings. The van der Waals surface area contributed by atoms with Gasteiger partial charge in [-0.15, -0.1) is 0 Å². The Morgan fingerprint density at radius 3 is 1.63 bits per heavy atom. The van der Waals surface area contributed by atoms with Gasteiger partial charge in [0.1, 0.15) is 24.4 Å². The molecule has 0 radical (unpaired) electrons. The number of esters is 1. The second kappa shape index (κ2) is 39.0. The summed E-state index contributed by atoms with van der Waals surface area (Å²) in [5, 5.41) is 54.0. The van der Waals surface area contributed by atoms with Gasteiger partial charge in [-0.3, -0.25) is 9.59 Å². The van der Waals surface area contributed by atoms with E-state index in [4.69, 9.17) is 14.2 Å². The Hall–Kier alpha value is -1.86. The molecule has 11 heteroatoms. The number of ether oxygens (including phenoxy) is 3. The number of allylic oxidation sites excluding steroid dienone is 3. The van der Waals surface area contributed by atoms with E-state index in [0.29, 0.717) is 19.4 Å². The number of aliphatic hydroxyl groups is 5. The fraction of sp³-hybridized carbons (Fsp3) is 0.875. The van der Waals surface area contributed by atoms with Gasteiger partial charge in [0.05, 0.1) is 32.0 Å². The summed E-state index contributed by atoms with van der Waals surface area (Å²) in [5.41, 5.74) is 0. The van der Waals surface area contributed by atoms with E-state index in [1.165, 1.54) is 89.9 Å². The van der Waals surface area contributed by atoms with Crippen molar-refractivity contribution in [1.82, 2.24) is 5.32 Å². The Balaban J connectivity index is 2.22. The van der Waals surface area contributed by atoms with Crippen molar-refractivity contribution >= 4 is 11.9 Å². The lowest BCUT2D eigenvalue weighted by Crippen LogP contribution is -2.60. The zero-order valence-electron chi connectivity index (χ0n) is 37.5. The van der Waals surface area contributed by atoms with Crippen LogP contribution in [0.25, 0.3) is 0 Å². The van der Waals surface area contributed by atoms with Crippen molar-refractivity contribution in [2.24, 2.45) is 0 Å². The molecule has 0 bridgehead atoms. The number of rotatable bonds is 40. The first-order valence-electron chi connectivity index (χ1n) is 24.1. The maximum absolute atomic E-state index is 12.9. The van der Waals surface area contributed by atoms with E-state index in [1.54, 1.807) is 6.08 Å². The van der Waals surface area contributed by atoms with Crippen LogP contribution < -0.4 is 5.32 Å². The normalized spacial score (nSPS) is 20.7. The van der Waals surface area contributed by atoms with Gasteiger partial charge in [-0.25, -0.2) is 0 Å². The topological polar surface area (TPSA) is 175 Å². The van der Waals surface area contributed by atoms with E-state index in [1.807, 2.05) is 6.08 Å². The molecular formula is C48H89NO10. The second-order valence-corrected chi connectivity index (χ2v) is 16.8. The van der Waals surface area contributed by atoms with Crippen molar-refractivity contribution in [3.05, 3.63) is 24.3 Å². The van der Waals surface area contributed by atoms with Crippen LogP contribution in [0.15, 0.2) is 24.3 Å². The van der Waals surface area contributed by atoms with Crippen LogP contribution in [0.4, 0.5) is 0 Å². The molecule has 0 aliphatic carbocycles. The van der Waals surface area contributed by atoms with Crippen molar-refractivity contribution < 1.29 is 49.3 Å². The molecule has 7 unspecified atom stereocenters. The molecule has 346 valence electrons. The van der Waals surface area contributed by atoms with E-state index in [-0.39, 0.29) is 18.5 Å². The minimum absolute atomic E-state index is 0.0585. The highest BCUT2D eigenvalue weighted by Crippen LogP contribution is 2.22. The molecule has 1 saturated heterocycles. The Bertz CT molecular complexity index is 1040. The van der Waals surface area contributed by atoms with Gasteiger partial charge in [0.2, 0.25) is 5.91 Å². The first kappa shape index (κ1) is 55.2. The molecule has 0 aromatic heterocycles. The Morgan fingerprint density at radius 2 is 1.08 bits per heavy atom. The lowest BCUT2D eigenvalue weighted by atomic mass is 9.99. The molecule has 1 rings (SSSR count). The van der Waals surface area contributed by atoms with Gasteiger partial charge < -0.3 is 45.1 Å². The molecule has 1 aliphatic heterocycles. The number of amides is 1. The van der Waals surface area contributed by atoms with Gasteiger partial charge >= 0.3 is 5.97 Å². The Kier molecular flexibility index (Phi) is 36.5. The third-order valence-electron chi connectivity index (χ3n) is 11.3. The number of carbonyl (C=O) groups is 2. The van der Waals surface area contributed by atoms with Crippen molar-refractivity contribution in [1.29, 1.82) is 0 Å². The minimum atomic E-state index is -1.58. The van der Waals surface area contributed by atoms with E-state index >= 15 is 0 Å². The Labute approximate surface area is 359 Å². The van der Waals surface area contributed by atoms with Crippen LogP contribution in [0, 0.1) is 0 Å². The van der Waals surface area contributed by atoms with E-state index in [2.05, 4.69) is 31.3 Å². The number of carbonyl (C=O) groups excluding carboxylic acids is 2. The van der Waals surface area contributed by atoms with Crippen LogP contribution in [0.2, 0.25) is 0 Å². The first-order valence-corrected chi connectivity index (χ1v) is 24.1. The van der Waals surface area contributed by atoms with Gasteiger partial charge in [0, 0.05) is 12.8 Å². The number of hydrogen-bond donors (Lipinski definition) is 6. The molecule has 0 saturated carbocycles. The smallest absolute Gasteiger partial charge is 0.305 e. The van der Waals surface area contributed by atoms with Gasteiger partial charge in [-0.05, 0) is 57.8 Å². The molecule has 1 heterocycles. The van der Waals surface area contributed by atoms with Crippen LogP contribution in [-0.4, -0.2) is 100 Å². The highest BCUT2D eigenvalue weighted by Gasteiger charge is 2.44. The molecule has 11 nitrogen and oxygen atoms in total. The minimum Gasteiger partial charge on any atom is -0.466 e. The zero-order chi connectivity index (χ0) is 43.2. The monoisotopic (exact) mass is 840 g/mol. The molecule has 7 atom stereocenters. The summed E-state index contributed by atoms with van der Waals surface area (Å²) in [6.07, 6.45) is 32.6. The maximum atomic E-state index is 12.9. The number of nitrogens with one attached hydrogen (secondary N) is 1. The second-order valence-electron chi connectivity index (χ2n) is 16.8. The van der Waals surface area contributed by atoms with Gasteiger partial charge in [0.15, 0.2) is 6.29 Å². The maximum Gasteiger partial charge on any atom is 0.305 e. The third-order valence-corrected chi connectivity index (χ3v) is 11.3. The third kappa shape index (κ3) is 29.9. The molecule has 0 aromatic rings. The number of hydrogen-bond acceptors (Lipinski definition) is 10. The summed E-state index contributed by atoms with van der Waals surface area (Å²) in [5.74, 6) is -0.272. The van der Waals surface area contributed by atoms with Crippen molar-refractivity contribution in [3.63, 3.8) is 0 Å². The lowest BCUT2D eigenvalue weighted by Gasteiger charge is -2.40. The van der Waals surface area contributed by atoms with Crippen LogP contribution in [0.3, 0.4) is 0 Å². The van der Waals surface area contributed by atoms with Crippen molar-refractivity contribution in [3.8, 4) is 0 Å². The fourth-order valence-corrected chi connectivity index (χ4v) is 7.37. The average Bonchev–Trinajstić information content (AvgIpc) is 3.23. The van der Waals surface area contributed by atoms with Crippen molar-refractivity contribution in [2.75, 3.05) is 19.8 Å².